The van der Waals surface area contributed by atoms with Crippen LogP contribution in [-0.2, 0) is 0 Å². The minimum atomic E-state index is 0.332. The van der Waals surface area contributed by atoms with E-state index < -0.39 is 0 Å². The summed E-state index contributed by atoms with van der Waals surface area (Å²) >= 11 is 6.55. The number of benzene rings is 1. The Bertz CT molecular complexity index is 538. The van der Waals surface area contributed by atoms with Crippen LogP contribution in [0.5, 0.6) is 11.6 Å². The maximum absolute atomic E-state index is 5.61. The van der Waals surface area contributed by atoms with Crippen molar-refractivity contribution in [1.82, 2.24) is 4.98 Å². The Hall–Kier alpha value is -1.59. The second kappa shape index (κ2) is 5.84. The molecule has 2 aromatic rings. The van der Waals surface area contributed by atoms with Crippen molar-refractivity contribution in [3.8, 4) is 11.6 Å². The highest BCUT2D eigenvalue weighted by molar-refractivity contribution is 7.98. The van der Waals surface area contributed by atoms with Gasteiger partial charge in [0, 0.05) is 22.7 Å². The number of pyridine rings is 1. The van der Waals surface area contributed by atoms with Gasteiger partial charge < -0.3 is 10.5 Å². The lowest BCUT2D eigenvalue weighted by Gasteiger charge is -2.05. The molecule has 0 saturated carbocycles. The fourth-order valence-electron chi connectivity index (χ4n) is 1.35. The standard InChI is InChI=1S/C13H12N2OS2/c1-18-11-5-3-10(4-6-11)16-12-7-2-9(8-15-12)13(14)17/h2-8H,1H3,(H2,14,17). The van der Waals surface area contributed by atoms with Crippen LogP contribution in [0.15, 0.2) is 47.5 Å². The molecule has 92 valence electrons. The van der Waals surface area contributed by atoms with Gasteiger partial charge in [0.05, 0.1) is 0 Å². The summed E-state index contributed by atoms with van der Waals surface area (Å²) in [7, 11) is 0. The first kappa shape index (κ1) is 12.9. The van der Waals surface area contributed by atoms with Gasteiger partial charge in [-0.15, -0.1) is 11.8 Å². The largest absolute Gasteiger partial charge is 0.439 e. The highest BCUT2D eigenvalue weighted by atomic mass is 32.2. The third-order valence-electron chi connectivity index (χ3n) is 2.30. The van der Waals surface area contributed by atoms with Crippen molar-refractivity contribution < 1.29 is 4.74 Å². The van der Waals surface area contributed by atoms with Crippen LogP contribution in [0.4, 0.5) is 0 Å². The van der Waals surface area contributed by atoms with E-state index in [2.05, 4.69) is 4.98 Å². The molecule has 0 unspecified atom stereocenters. The molecule has 1 heterocycles. The molecule has 0 bridgehead atoms. The third-order valence-corrected chi connectivity index (χ3v) is 3.28. The van der Waals surface area contributed by atoms with Gasteiger partial charge in [0.1, 0.15) is 10.7 Å². The maximum Gasteiger partial charge on any atom is 0.219 e. The zero-order valence-corrected chi connectivity index (χ0v) is 11.4. The van der Waals surface area contributed by atoms with Crippen LogP contribution in [-0.4, -0.2) is 16.2 Å². The summed E-state index contributed by atoms with van der Waals surface area (Å²) in [6.45, 7) is 0. The number of nitrogens with two attached hydrogens (primary N) is 1. The van der Waals surface area contributed by atoms with Crippen molar-refractivity contribution >= 4 is 29.0 Å². The Morgan fingerprint density at radius 1 is 1.22 bits per heavy atom. The van der Waals surface area contributed by atoms with Crippen molar-refractivity contribution in [2.24, 2.45) is 5.73 Å². The van der Waals surface area contributed by atoms with Crippen LogP contribution in [0.1, 0.15) is 5.56 Å². The molecule has 5 heteroatoms. The van der Waals surface area contributed by atoms with E-state index in [9.17, 15) is 0 Å². The molecule has 0 saturated heterocycles. The molecule has 0 radical (unpaired) electrons. The van der Waals surface area contributed by atoms with Crippen molar-refractivity contribution in [3.63, 3.8) is 0 Å². The first-order chi connectivity index (χ1) is 8.69. The smallest absolute Gasteiger partial charge is 0.219 e. The van der Waals surface area contributed by atoms with E-state index in [4.69, 9.17) is 22.7 Å². The van der Waals surface area contributed by atoms with Gasteiger partial charge in [0.2, 0.25) is 5.88 Å². The minimum absolute atomic E-state index is 0.332. The van der Waals surface area contributed by atoms with Crippen molar-refractivity contribution in [2.45, 2.75) is 4.90 Å². The summed E-state index contributed by atoms with van der Waals surface area (Å²) in [5.41, 5.74) is 6.23. The Morgan fingerprint density at radius 3 is 2.44 bits per heavy atom. The van der Waals surface area contributed by atoms with Crippen LogP contribution in [0.3, 0.4) is 0 Å². The molecule has 0 spiro atoms. The number of ether oxygens (including phenoxy) is 1. The molecular weight excluding hydrogens is 264 g/mol. The number of aromatic nitrogens is 1. The summed E-state index contributed by atoms with van der Waals surface area (Å²) in [4.78, 5) is 5.67. The van der Waals surface area contributed by atoms with Crippen LogP contribution in [0.2, 0.25) is 0 Å². The zero-order valence-electron chi connectivity index (χ0n) is 9.79. The second-order valence-electron chi connectivity index (χ2n) is 3.53. The van der Waals surface area contributed by atoms with Gasteiger partial charge in [-0.25, -0.2) is 4.98 Å². The normalized spacial score (nSPS) is 10.1. The number of thiocarbonyl (C=S) groups is 1. The Labute approximate surface area is 115 Å². The van der Waals surface area contributed by atoms with Gasteiger partial charge in [0.15, 0.2) is 0 Å². The van der Waals surface area contributed by atoms with Gasteiger partial charge in [-0.05, 0) is 36.6 Å². The molecule has 0 amide bonds. The number of nitrogens with zero attached hydrogens (tertiary/aromatic N) is 1. The Kier molecular flexibility index (Phi) is 4.17. The van der Waals surface area contributed by atoms with E-state index in [1.807, 2.05) is 30.5 Å². The molecule has 0 aliphatic rings. The van der Waals surface area contributed by atoms with Crippen LogP contribution >= 0.6 is 24.0 Å². The molecule has 1 aromatic heterocycles. The van der Waals surface area contributed by atoms with E-state index in [1.165, 1.54) is 4.90 Å². The second-order valence-corrected chi connectivity index (χ2v) is 4.85. The summed E-state index contributed by atoms with van der Waals surface area (Å²) in [5, 5.41) is 0. The maximum atomic E-state index is 5.61. The van der Waals surface area contributed by atoms with Gasteiger partial charge in [-0.1, -0.05) is 12.2 Å². The number of thioether (sulfide) groups is 1. The molecule has 1 aromatic carbocycles. The van der Waals surface area contributed by atoms with E-state index in [0.29, 0.717) is 10.9 Å². The zero-order chi connectivity index (χ0) is 13.0. The predicted octanol–water partition coefficient (Wildman–Crippen LogP) is 3.23. The summed E-state index contributed by atoms with van der Waals surface area (Å²) < 4.78 is 5.61. The lowest BCUT2D eigenvalue weighted by atomic mass is 10.3. The number of hydrogen-bond acceptors (Lipinski definition) is 4. The first-order valence-electron chi connectivity index (χ1n) is 5.27. The first-order valence-corrected chi connectivity index (χ1v) is 6.90. The van der Waals surface area contributed by atoms with Crippen LogP contribution in [0, 0.1) is 0 Å². The molecule has 0 atom stereocenters. The lowest BCUT2D eigenvalue weighted by molar-refractivity contribution is 0.462. The molecule has 3 nitrogen and oxygen atoms in total. The quantitative estimate of drug-likeness (QED) is 0.686. The molecule has 0 aliphatic carbocycles. The highest BCUT2D eigenvalue weighted by Crippen LogP contribution is 2.23. The van der Waals surface area contributed by atoms with Crippen molar-refractivity contribution in [3.05, 3.63) is 48.2 Å². The molecular formula is C13H12N2OS2. The summed E-state index contributed by atoms with van der Waals surface area (Å²) in [6, 6.07) is 11.4. The van der Waals surface area contributed by atoms with E-state index in [0.717, 1.165) is 11.3 Å². The summed E-state index contributed by atoms with van der Waals surface area (Å²) in [6.07, 6.45) is 3.64. The Morgan fingerprint density at radius 2 is 1.94 bits per heavy atom. The summed E-state index contributed by atoms with van der Waals surface area (Å²) in [5.74, 6) is 1.27. The monoisotopic (exact) mass is 276 g/mol. The minimum Gasteiger partial charge on any atom is -0.439 e. The molecule has 2 N–H and O–H groups in total. The molecule has 2 rings (SSSR count). The van der Waals surface area contributed by atoms with E-state index in [1.54, 1.807) is 30.1 Å². The lowest BCUT2D eigenvalue weighted by Crippen LogP contribution is -2.09. The van der Waals surface area contributed by atoms with Crippen LogP contribution < -0.4 is 10.5 Å². The molecule has 0 aliphatic heterocycles. The van der Waals surface area contributed by atoms with Gasteiger partial charge in [0.25, 0.3) is 0 Å². The Balaban J connectivity index is 2.10. The van der Waals surface area contributed by atoms with E-state index in [-0.39, 0.29) is 0 Å². The van der Waals surface area contributed by atoms with Crippen molar-refractivity contribution in [2.75, 3.05) is 6.26 Å². The number of rotatable bonds is 4. The SMILES string of the molecule is CSc1ccc(Oc2ccc(C(N)=S)cn2)cc1. The highest BCUT2D eigenvalue weighted by Gasteiger charge is 2.01. The number of hydrogen-bond donors (Lipinski definition) is 1. The van der Waals surface area contributed by atoms with Gasteiger partial charge in [-0.2, -0.15) is 0 Å². The van der Waals surface area contributed by atoms with E-state index >= 15 is 0 Å². The fraction of sp³-hybridized carbons (Fsp3) is 0.0769. The van der Waals surface area contributed by atoms with Gasteiger partial charge >= 0.3 is 0 Å². The predicted molar refractivity (Wildman–Crippen MR) is 78.4 cm³/mol. The van der Waals surface area contributed by atoms with Crippen LogP contribution in [0.25, 0.3) is 0 Å². The molecule has 18 heavy (non-hydrogen) atoms. The third kappa shape index (κ3) is 3.21. The fourth-order valence-corrected chi connectivity index (χ4v) is 1.88. The van der Waals surface area contributed by atoms with Gasteiger partial charge in [-0.3, -0.25) is 0 Å². The topological polar surface area (TPSA) is 48.1 Å². The molecule has 0 fully saturated rings. The average Bonchev–Trinajstić information content (AvgIpc) is 2.40. The average molecular weight is 276 g/mol. The van der Waals surface area contributed by atoms with Crippen molar-refractivity contribution in [1.29, 1.82) is 0 Å².